The number of ether oxygens (including phenoxy) is 3. The van der Waals surface area contributed by atoms with E-state index in [1.807, 2.05) is 59.2 Å². The zero-order chi connectivity index (χ0) is 47.1. The lowest BCUT2D eigenvalue weighted by Crippen LogP contribution is -2.47. The zero-order valence-corrected chi connectivity index (χ0v) is 39.1. The molecular weight excluding hydrogens is 839 g/mol. The summed E-state index contributed by atoms with van der Waals surface area (Å²) in [5, 5.41) is 21.9. The fraction of sp³-hybridized carbons (Fsp3) is 0.500. The van der Waals surface area contributed by atoms with E-state index in [0.717, 1.165) is 51.7 Å². The van der Waals surface area contributed by atoms with Crippen LogP contribution in [0.1, 0.15) is 93.4 Å². The van der Waals surface area contributed by atoms with Crippen molar-refractivity contribution in [2.45, 2.75) is 102 Å². The minimum absolute atomic E-state index is 0.0144. The smallest absolute Gasteiger partial charge is 0.424 e. The predicted molar refractivity (Wildman–Crippen MR) is 258 cm³/mol. The molecule has 4 aromatic rings. The van der Waals surface area contributed by atoms with Crippen molar-refractivity contribution in [3.63, 3.8) is 0 Å². The van der Waals surface area contributed by atoms with Crippen molar-refractivity contribution in [2.75, 3.05) is 60.2 Å². The number of hydrogen-bond acceptors (Lipinski definition) is 9. The molecule has 16 heteroatoms. The predicted octanol–water partition coefficient (Wildman–Crippen LogP) is 6.05. The Morgan fingerprint density at radius 1 is 0.727 bits per heavy atom. The first-order chi connectivity index (χ1) is 32.1. The summed E-state index contributed by atoms with van der Waals surface area (Å²) in [6.07, 6.45) is 9.18. The third-order valence-electron chi connectivity index (χ3n) is 12.0. The van der Waals surface area contributed by atoms with Crippen LogP contribution in [0.3, 0.4) is 0 Å². The summed E-state index contributed by atoms with van der Waals surface area (Å²) < 4.78 is 19.0. The first-order valence-corrected chi connectivity index (χ1v) is 23.6. The van der Waals surface area contributed by atoms with Gasteiger partial charge in [-0.2, -0.15) is 0 Å². The summed E-state index contributed by atoms with van der Waals surface area (Å²) in [7, 11) is 5.67. The number of carboxylic acids is 1. The van der Waals surface area contributed by atoms with Gasteiger partial charge >= 0.3 is 12.1 Å². The summed E-state index contributed by atoms with van der Waals surface area (Å²) in [6.45, 7) is 2.55. The number of para-hydroxylation sites is 1. The van der Waals surface area contributed by atoms with Crippen molar-refractivity contribution >= 4 is 48.5 Å². The van der Waals surface area contributed by atoms with Crippen molar-refractivity contribution in [1.29, 1.82) is 0 Å². The minimum atomic E-state index is -1.08. The number of benzene rings is 3. The molecule has 4 N–H and O–H groups in total. The van der Waals surface area contributed by atoms with Crippen LogP contribution in [0, 0.1) is 0 Å². The third kappa shape index (κ3) is 16.0. The highest BCUT2D eigenvalue weighted by molar-refractivity contribution is 6.08. The average Bonchev–Trinajstić information content (AvgIpc) is 3.83. The number of nitrogens with one attached hydrogen (secondary N) is 3. The second kappa shape index (κ2) is 27.7. The number of amides is 4. The standard InChI is InChI=1S/C50H69BN6O9/c1-55(56(2)50(63)66-36-43-41-19-12-10-17-39(41)40-18-11-13-20-42(40)43)35-38-34-37-16-9-14-21-45(37)57(38)29-25-47(59)54-44(23-24-48(60)61)49(62)53-28-31-65-33-32-64-30-27-52-46(58)22-8-6-4-3-5-7-15-26-51/h9-14,16-21,34,43-44H,3-8,15,22-33,35-36,51H2,1-2H3,(H,52,58)(H,53,62)(H,54,59)(H,60,61)/t44-/m0/s1. The molecule has 1 heterocycles. The van der Waals surface area contributed by atoms with Crippen LogP contribution in [0.15, 0.2) is 78.9 Å². The Morgan fingerprint density at radius 2 is 1.33 bits per heavy atom. The lowest BCUT2D eigenvalue weighted by Gasteiger charge is -2.28. The number of hydrazine groups is 1. The molecule has 0 saturated heterocycles. The zero-order valence-electron chi connectivity index (χ0n) is 39.1. The molecule has 356 valence electrons. The maximum Gasteiger partial charge on any atom is 0.424 e. The highest BCUT2D eigenvalue weighted by Crippen LogP contribution is 2.44. The molecule has 4 amide bonds. The molecule has 0 saturated carbocycles. The number of aliphatic carboxylic acids is 1. The van der Waals surface area contributed by atoms with Crippen LogP contribution in [-0.2, 0) is 46.5 Å². The van der Waals surface area contributed by atoms with E-state index in [-0.39, 0.29) is 57.4 Å². The quantitative estimate of drug-likeness (QED) is 0.0264. The first kappa shape index (κ1) is 51.3. The van der Waals surface area contributed by atoms with Crippen LogP contribution in [0.25, 0.3) is 22.0 Å². The number of hydrogen-bond donors (Lipinski definition) is 4. The Labute approximate surface area is 390 Å². The van der Waals surface area contributed by atoms with Gasteiger partial charge in [-0.15, -0.1) is 0 Å². The summed E-state index contributed by atoms with van der Waals surface area (Å²) in [4.78, 5) is 63.4. The molecular formula is C50H69BN6O9. The molecule has 0 bridgehead atoms. The second-order valence-corrected chi connectivity index (χ2v) is 16.9. The molecule has 0 aliphatic heterocycles. The summed E-state index contributed by atoms with van der Waals surface area (Å²) in [6, 6.07) is 25.1. The van der Waals surface area contributed by atoms with Gasteiger partial charge in [-0.25, -0.2) is 14.8 Å². The average molecular weight is 909 g/mol. The van der Waals surface area contributed by atoms with Gasteiger partial charge in [0.05, 0.1) is 33.0 Å². The van der Waals surface area contributed by atoms with Gasteiger partial charge in [0.1, 0.15) is 20.5 Å². The van der Waals surface area contributed by atoms with Gasteiger partial charge in [0.25, 0.3) is 0 Å². The van der Waals surface area contributed by atoms with Gasteiger partial charge in [-0.1, -0.05) is 112 Å². The number of aryl methyl sites for hydroxylation is 1. The fourth-order valence-electron chi connectivity index (χ4n) is 8.31. The van der Waals surface area contributed by atoms with Gasteiger partial charge in [0.2, 0.25) is 17.7 Å². The monoisotopic (exact) mass is 909 g/mol. The molecule has 0 unspecified atom stereocenters. The minimum Gasteiger partial charge on any atom is -0.481 e. The number of fused-ring (bicyclic) bond motifs is 4. The number of nitrogens with zero attached hydrogens (tertiary/aromatic N) is 3. The molecule has 15 nitrogen and oxygen atoms in total. The molecule has 1 aliphatic carbocycles. The third-order valence-corrected chi connectivity index (χ3v) is 12.0. The Kier molecular flexibility index (Phi) is 21.5. The van der Waals surface area contributed by atoms with Gasteiger partial charge < -0.3 is 39.8 Å². The maximum atomic E-state index is 13.4. The van der Waals surface area contributed by atoms with E-state index in [1.165, 1.54) is 43.4 Å². The molecule has 1 aliphatic rings. The van der Waals surface area contributed by atoms with E-state index in [2.05, 4.69) is 48.1 Å². The fourth-order valence-corrected chi connectivity index (χ4v) is 8.31. The van der Waals surface area contributed by atoms with Crippen LogP contribution in [-0.4, -0.2) is 124 Å². The van der Waals surface area contributed by atoms with Crippen molar-refractivity contribution in [2.24, 2.45) is 0 Å². The second-order valence-electron chi connectivity index (χ2n) is 16.9. The Balaban J connectivity index is 1.02. The first-order valence-electron chi connectivity index (χ1n) is 23.6. The van der Waals surface area contributed by atoms with E-state index < -0.39 is 29.9 Å². The Bertz CT molecular complexity index is 2140. The number of carbonyl (C=O) groups excluding carboxylic acids is 4. The van der Waals surface area contributed by atoms with Gasteiger partial charge in [0, 0.05) is 70.1 Å². The van der Waals surface area contributed by atoms with E-state index in [4.69, 9.17) is 14.2 Å². The van der Waals surface area contributed by atoms with Crippen LogP contribution in [0.5, 0.6) is 0 Å². The summed E-state index contributed by atoms with van der Waals surface area (Å²) >= 11 is 0. The lowest BCUT2D eigenvalue weighted by molar-refractivity contribution is -0.138. The molecule has 1 aromatic heterocycles. The van der Waals surface area contributed by atoms with E-state index in [0.29, 0.717) is 39.3 Å². The Hall–Kier alpha value is -5.71. The highest BCUT2D eigenvalue weighted by Gasteiger charge is 2.30. The maximum absolute atomic E-state index is 13.4. The SMILES string of the molecule is BCCCCCCCCCC(=O)NCCOCCOCCNC(=O)[C@H](CCC(=O)O)NC(=O)CCn1c(CN(C)N(C)C(=O)OCC2c3ccccc3-c3ccccc32)cc2ccccc21. The molecule has 0 radical (unpaired) electrons. The van der Waals surface area contributed by atoms with Crippen molar-refractivity contribution < 1.29 is 43.3 Å². The van der Waals surface area contributed by atoms with Gasteiger partial charge in [-0.05, 0) is 52.6 Å². The number of carboxylic acid groups (broad SMARTS) is 1. The lowest BCUT2D eigenvalue weighted by atomic mass is 9.98. The highest BCUT2D eigenvalue weighted by atomic mass is 16.6. The molecule has 5 rings (SSSR count). The van der Waals surface area contributed by atoms with Crippen LogP contribution < -0.4 is 16.0 Å². The molecule has 3 aromatic carbocycles. The largest absolute Gasteiger partial charge is 0.481 e. The van der Waals surface area contributed by atoms with Crippen molar-refractivity contribution in [1.82, 2.24) is 30.5 Å². The van der Waals surface area contributed by atoms with Gasteiger partial charge in [-0.3, -0.25) is 19.2 Å². The van der Waals surface area contributed by atoms with Gasteiger partial charge in [0.15, 0.2) is 0 Å². The van der Waals surface area contributed by atoms with Crippen LogP contribution >= 0.6 is 0 Å². The van der Waals surface area contributed by atoms with Crippen LogP contribution in [0.2, 0.25) is 6.32 Å². The van der Waals surface area contributed by atoms with Crippen molar-refractivity contribution in [3.05, 3.63) is 95.7 Å². The topological polar surface area (TPSA) is 181 Å². The normalized spacial score (nSPS) is 12.4. The molecule has 0 spiro atoms. The number of carbonyl (C=O) groups is 5. The van der Waals surface area contributed by atoms with Crippen molar-refractivity contribution in [3.8, 4) is 11.1 Å². The van der Waals surface area contributed by atoms with E-state index in [1.54, 1.807) is 19.1 Å². The van der Waals surface area contributed by atoms with Crippen LogP contribution in [0.4, 0.5) is 4.79 Å². The van der Waals surface area contributed by atoms with E-state index >= 15 is 0 Å². The van der Waals surface area contributed by atoms with E-state index in [9.17, 15) is 29.1 Å². The number of aromatic nitrogens is 1. The molecule has 0 fully saturated rings. The number of rotatable bonds is 31. The summed E-state index contributed by atoms with van der Waals surface area (Å²) in [5.41, 5.74) is 6.32. The molecule has 1 atom stereocenters. The molecule has 66 heavy (non-hydrogen) atoms. The Morgan fingerprint density at radius 3 is 2.00 bits per heavy atom. The summed E-state index contributed by atoms with van der Waals surface area (Å²) in [5.74, 6) is -2.02. The number of unbranched alkanes of at least 4 members (excludes halogenated alkanes) is 6.